The second-order valence-corrected chi connectivity index (χ2v) is 8.30. The average molecular weight is 411 g/mol. The van der Waals surface area contributed by atoms with Crippen LogP contribution in [0.25, 0.3) is 0 Å². The first-order valence-corrected chi connectivity index (χ1v) is 10.8. The fourth-order valence-corrected chi connectivity index (χ4v) is 4.06. The quantitative estimate of drug-likeness (QED) is 0.728. The third-order valence-corrected chi connectivity index (χ3v) is 5.86. The first kappa shape index (κ1) is 22.0. The zero-order valence-electron chi connectivity index (χ0n) is 17.9. The van der Waals surface area contributed by atoms with Crippen molar-refractivity contribution in [3.63, 3.8) is 0 Å². The Kier molecular flexibility index (Phi) is 7.61. The fourth-order valence-electron chi connectivity index (χ4n) is 4.06. The zero-order chi connectivity index (χ0) is 21.5. The summed E-state index contributed by atoms with van der Waals surface area (Å²) in [6, 6.07) is 13.7. The largest absolute Gasteiger partial charge is 0.352 e. The summed E-state index contributed by atoms with van der Waals surface area (Å²) in [5.74, 6) is -0.725. The molecule has 160 valence electrons. The molecular weight excluding hydrogens is 379 g/mol. The Morgan fingerprint density at radius 1 is 1.10 bits per heavy atom. The summed E-state index contributed by atoms with van der Waals surface area (Å²) in [5, 5.41) is 3.10. The first-order valence-electron chi connectivity index (χ1n) is 10.8. The maximum Gasteiger partial charge on any atom is 0.242 e. The minimum absolute atomic E-state index is 0.0660. The van der Waals surface area contributed by atoms with E-state index in [0.29, 0.717) is 5.56 Å². The number of hydrogen-bond donors (Lipinski definition) is 1. The number of carbonyl (C=O) groups excluding carboxylic acids is 2. The lowest BCUT2D eigenvalue weighted by Gasteiger charge is -2.31. The predicted octanol–water partition coefficient (Wildman–Crippen LogP) is 4.54. The van der Waals surface area contributed by atoms with Gasteiger partial charge >= 0.3 is 0 Å². The molecule has 0 saturated heterocycles. The molecule has 1 atom stereocenters. The van der Waals surface area contributed by atoms with Crippen LogP contribution in [0.3, 0.4) is 0 Å². The van der Waals surface area contributed by atoms with Gasteiger partial charge in [-0.25, -0.2) is 4.39 Å². The summed E-state index contributed by atoms with van der Waals surface area (Å²) in [6.07, 6.45) is 5.56. The Hall–Kier alpha value is -2.69. The van der Waals surface area contributed by atoms with Crippen LogP contribution in [0.5, 0.6) is 0 Å². The maximum absolute atomic E-state index is 14.3. The van der Waals surface area contributed by atoms with Gasteiger partial charge < -0.3 is 10.2 Å². The molecule has 30 heavy (non-hydrogen) atoms. The molecule has 0 aromatic heterocycles. The predicted molar refractivity (Wildman–Crippen MR) is 116 cm³/mol. The minimum Gasteiger partial charge on any atom is -0.352 e. The smallest absolute Gasteiger partial charge is 0.242 e. The van der Waals surface area contributed by atoms with Gasteiger partial charge in [0.25, 0.3) is 0 Å². The summed E-state index contributed by atoms with van der Waals surface area (Å²) in [6.45, 7) is 3.77. The lowest BCUT2D eigenvalue weighted by molar-refractivity contribution is -0.140. The number of benzene rings is 2. The van der Waals surface area contributed by atoms with Crippen LogP contribution in [-0.4, -0.2) is 28.8 Å². The Morgan fingerprint density at radius 3 is 2.53 bits per heavy atom. The number of nitrogens with zero attached hydrogens (tertiary/aromatic N) is 1. The van der Waals surface area contributed by atoms with Crippen molar-refractivity contribution < 1.29 is 14.0 Å². The van der Waals surface area contributed by atoms with E-state index in [4.69, 9.17) is 0 Å². The molecule has 1 aliphatic carbocycles. The molecule has 2 aromatic rings. The van der Waals surface area contributed by atoms with Crippen LogP contribution in [0.2, 0.25) is 0 Å². The minimum atomic E-state index is -0.677. The Morgan fingerprint density at radius 2 is 1.83 bits per heavy atom. The summed E-state index contributed by atoms with van der Waals surface area (Å²) in [4.78, 5) is 27.6. The molecule has 0 unspecified atom stereocenters. The van der Waals surface area contributed by atoms with Crippen LogP contribution in [0, 0.1) is 12.7 Å². The van der Waals surface area contributed by atoms with Gasteiger partial charge in [0.2, 0.25) is 11.8 Å². The van der Waals surface area contributed by atoms with E-state index in [1.165, 1.54) is 17.4 Å². The van der Waals surface area contributed by atoms with Crippen LogP contribution >= 0.6 is 0 Å². The van der Waals surface area contributed by atoms with E-state index >= 15 is 0 Å². The monoisotopic (exact) mass is 410 g/mol. The van der Waals surface area contributed by atoms with Gasteiger partial charge in [-0.1, -0.05) is 67.3 Å². The second-order valence-electron chi connectivity index (χ2n) is 8.30. The van der Waals surface area contributed by atoms with Crippen molar-refractivity contribution in [3.05, 3.63) is 71.0 Å². The van der Waals surface area contributed by atoms with Crippen LogP contribution in [-0.2, 0) is 22.6 Å². The molecule has 3 rings (SSSR count). The van der Waals surface area contributed by atoms with Gasteiger partial charge in [0, 0.05) is 18.2 Å². The van der Waals surface area contributed by atoms with E-state index in [-0.39, 0.29) is 36.6 Å². The number of aryl methyl sites for hydroxylation is 1. The fraction of sp³-hybridized carbons (Fsp3) is 0.440. The standard InChI is InChI=1S/C25H31FN2O2/c1-18-9-8-10-20(15-18)16-24(29)28(17-21-11-6-7-14-23(21)26)19(2)25(30)27-22-12-4-3-5-13-22/h6-11,14-15,19,22H,3-5,12-13,16-17H2,1-2H3,(H,27,30)/t19-/m0/s1. The van der Waals surface area contributed by atoms with Gasteiger partial charge in [0.05, 0.1) is 6.42 Å². The number of carbonyl (C=O) groups is 2. The number of halogens is 1. The molecule has 2 amide bonds. The van der Waals surface area contributed by atoms with Gasteiger partial charge in [-0.05, 0) is 38.3 Å². The van der Waals surface area contributed by atoms with Crippen molar-refractivity contribution in [1.82, 2.24) is 10.2 Å². The molecule has 1 fully saturated rings. The molecular formula is C25H31FN2O2. The van der Waals surface area contributed by atoms with Crippen LogP contribution in [0.15, 0.2) is 48.5 Å². The molecule has 0 spiro atoms. The summed E-state index contributed by atoms with van der Waals surface area (Å²) < 4.78 is 14.3. The normalized spacial score (nSPS) is 15.4. The molecule has 1 N–H and O–H groups in total. The van der Waals surface area contributed by atoms with Gasteiger partial charge in [0.1, 0.15) is 11.9 Å². The van der Waals surface area contributed by atoms with Gasteiger partial charge in [0.15, 0.2) is 0 Å². The van der Waals surface area contributed by atoms with Gasteiger partial charge in [-0.3, -0.25) is 9.59 Å². The molecule has 1 aliphatic rings. The molecule has 0 bridgehead atoms. The van der Waals surface area contributed by atoms with Crippen molar-refractivity contribution in [3.8, 4) is 0 Å². The Labute approximate surface area is 178 Å². The van der Waals surface area contributed by atoms with Crippen LogP contribution in [0.4, 0.5) is 4.39 Å². The third kappa shape index (κ3) is 5.91. The van der Waals surface area contributed by atoms with Crippen molar-refractivity contribution in [2.45, 2.75) is 71.0 Å². The maximum atomic E-state index is 14.3. The topological polar surface area (TPSA) is 49.4 Å². The molecule has 1 saturated carbocycles. The summed E-state index contributed by atoms with van der Waals surface area (Å²) >= 11 is 0. The van der Waals surface area contributed by atoms with Gasteiger partial charge in [-0.2, -0.15) is 0 Å². The highest BCUT2D eigenvalue weighted by Crippen LogP contribution is 2.19. The summed E-state index contributed by atoms with van der Waals surface area (Å²) in [5.41, 5.74) is 2.37. The van der Waals surface area contributed by atoms with Crippen molar-refractivity contribution in [1.29, 1.82) is 0 Å². The second kappa shape index (κ2) is 10.4. The van der Waals surface area contributed by atoms with E-state index < -0.39 is 6.04 Å². The van der Waals surface area contributed by atoms with E-state index in [1.54, 1.807) is 25.1 Å². The van der Waals surface area contributed by atoms with Crippen molar-refractivity contribution in [2.75, 3.05) is 0 Å². The summed E-state index contributed by atoms with van der Waals surface area (Å²) in [7, 11) is 0. The molecule has 2 aromatic carbocycles. The van der Waals surface area contributed by atoms with Crippen molar-refractivity contribution in [2.24, 2.45) is 0 Å². The molecule has 0 aliphatic heterocycles. The molecule has 5 heteroatoms. The molecule has 0 heterocycles. The lowest BCUT2D eigenvalue weighted by atomic mass is 9.95. The van der Waals surface area contributed by atoms with E-state index in [9.17, 15) is 14.0 Å². The number of hydrogen-bond acceptors (Lipinski definition) is 2. The molecule has 0 radical (unpaired) electrons. The van der Waals surface area contributed by atoms with Crippen LogP contribution in [0.1, 0.15) is 55.7 Å². The molecule has 4 nitrogen and oxygen atoms in total. The Bertz CT molecular complexity index is 877. The van der Waals surface area contributed by atoms with Crippen molar-refractivity contribution >= 4 is 11.8 Å². The van der Waals surface area contributed by atoms with E-state index in [1.807, 2.05) is 31.2 Å². The van der Waals surface area contributed by atoms with Crippen LogP contribution < -0.4 is 5.32 Å². The lowest BCUT2D eigenvalue weighted by Crippen LogP contribution is -2.50. The third-order valence-electron chi connectivity index (χ3n) is 5.86. The highest BCUT2D eigenvalue weighted by atomic mass is 19.1. The van der Waals surface area contributed by atoms with E-state index in [2.05, 4.69) is 5.32 Å². The number of rotatable bonds is 7. The number of nitrogens with one attached hydrogen (secondary N) is 1. The highest BCUT2D eigenvalue weighted by Gasteiger charge is 2.28. The van der Waals surface area contributed by atoms with E-state index in [0.717, 1.165) is 36.8 Å². The van der Waals surface area contributed by atoms with Gasteiger partial charge in [-0.15, -0.1) is 0 Å². The zero-order valence-corrected chi connectivity index (χ0v) is 17.9. The highest BCUT2D eigenvalue weighted by molar-refractivity contribution is 5.88. The number of amides is 2. The average Bonchev–Trinajstić information content (AvgIpc) is 2.73. The Balaban J connectivity index is 1.77. The SMILES string of the molecule is Cc1cccc(CC(=O)N(Cc2ccccc2F)[C@@H](C)C(=O)NC2CCCCC2)c1. The first-order chi connectivity index (χ1) is 14.4.